The number of unbranched alkanes of at least 4 members (excludes halogenated alkanes) is 5. The Morgan fingerprint density at radius 2 is 1.24 bits per heavy atom. The van der Waals surface area contributed by atoms with Crippen LogP contribution < -0.4 is 66.7 Å². The summed E-state index contributed by atoms with van der Waals surface area (Å²) in [7, 11) is 0. The normalized spacial score (nSPS) is 16.9. The molecule has 31 heteroatoms. The van der Waals surface area contributed by atoms with E-state index in [4.69, 9.17) is 40.1 Å². The van der Waals surface area contributed by atoms with Gasteiger partial charge in [0.2, 0.25) is 41.4 Å². The molecule has 2 saturated heterocycles. The van der Waals surface area contributed by atoms with Crippen LogP contribution in [0.2, 0.25) is 0 Å². The molecule has 1 aromatic heterocycles. The number of ketones is 1. The Morgan fingerprint density at radius 1 is 0.694 bits per heavy atom. The first kappa shape index (κ1) is 72.8. The van der Waals surface area contributed by atoms with Crippen molar-refractivity contribution >= 4 is 89.5 Å². The van der Waals surface area contributed by atoms with E-state index in [1.165, 1.54) is 34.1 Å². The average molecular weight is 1240 g/mol. The summed E-state index contributed by atoms with van der Waals surface area (Å²) in [5.74, 6) is -4.36. The number of aliphatic hydroxyl groups excluding tert-OH is 1. The molecule has 1 aromatic rings. The molecule has 9 amide bonds. The summed E-state index contributed by atoms with van der Waals surface area (Å²) in [6.07, 6.45) is 8.14. The third-order valence-electron chi connectivity index (χ3n) is 14.8. The average Bonchev–Trinajstić information content (AvgIpc) is 3.61. The summed E-state index contributed by atoms with van der Waals surface area (Å²) in [4.78, 5) is 142. The van der Waals surface area contributed by atoms with Crippen LogP contribution in [0.3, 0.4) is 0 Å². The Labute approximate surface area is 508 Å². The fourth-order valence-electron chi connectivity index (χ4n) is 10.3. The van der Waals surface area contributed by atoms with Crippen molar-refractivity contribution in [3.63, 3.8) is 0 Å². The number of primary amides is 1. The van der Waals surface area contributed by atoms with Crippen LogP contribution in [-0.4, -0.2) is 213 Å². The second-order valence-corrected chi connectivity index (χ2v) is 23.1. The van der Waals surface area contributed by atoms with Crippen molar-refractivity contribution < 1.29 is 48.3 Å². The number of aliphatic imine (C=N–C) groups is 2. The lowest BCUT2D eigenvalue weighted by Crippen LogP contribution is -2.56. The highest BCUT2D eigenvalue weighted by Crippen LogP contribution is 2.33. The number of aromatic nitrogens is 2. The summed E-state index contributed by atoms with van der Waals surface area (Å²) in [5.41, 5.74) is 40.0. The minimum Gasteiger partial charge on any atom is -0.393 e. The summed E-state index contributed by atoms with van der Waals surface area (Å²) in [5, 5.41) is 25.3. The van der Waals surface area contributed by atoms with Crippen molar-refractivity contribution in [2.24, 2.45) is 56.0 Å². The van der Waals surface area contributed by atoms with Crippen LogP contribution in [-0.2, 0) is 44.8 Å². The van der Waals surface area contributed by atoms with E-state index in [1.807, 2.05) is 0 Å². The highest BCUT2D eigenvalue weighted by Gasteiger charge is 2.43. The lowest BCUT2D eigenvalue weighted by atomic mass is 9.93. The highest BCUT2D eigenvalue weighted by atomic mass is 32.2. The summed E-state index contributed by atoms with van der Waals surface area (Å²) >= 11 is 6.07. The number of aliphatic hydroxyl groups is 1. The van der Waals surface area contributed by atoms with Gasteiger partial charge in [-0.05, 0) is 96.4 Å². The number of carbonyl (C=O) groups is 9. The molecule has 0 radical (unpaired) electrons. The van der Waals surface area contributed by atoms with Crippen LogP contribution in [0.5, 0.6) is 0 Å². The van der Waals surface area contributed by atoms with E-state index in [0.717, 1.165) is 18.6 Å². The fourth-order valence-corrected chi connectivity index (χ4v) is 12.0. The maximum Gasteiger partial charge on any atom is 0.315 e. The molecule has 85 heavy (non-hydrogen) atoms. The van der Waals surface area contributed by atoms with E-state index in [2.05, 4.69) is 59.2 Å². The largest absolute Gasteiger partial charge is 0.393 e. The van der Waals surface area contributed by atoms with Gasteiger partial charge in [0.25, 0.3) is 0 Å². The highest BCUT2D eigenvalue weighted by molar-refractivity contribution is 8.00. The van der Waals surface area contributed by atoms with E-state index in [-0.39, 0.29) is 156 Å². The van der Waals surface area contributed by atoms with Crippen LogP contribution in [0.15, 0.2) is 22.5 Å². The smallest absolute Gasteiger partial charge is 0.315 e. The predicted octanol–water partition coefficient (Wildman–Crippen LogP) is -2.48. The van der Waals surface area contributed by atoms with Gasteiger partial charge in [0.15, 0.2) is 11.9 Å². The van der Waals surface area contributed by atoms with Gasteiger partial charge < -0.3 is 91.5 Å². The van der Waals surface area contributed by atoms with Crippen molar-refractivity contribution in [1.82, 2.24) is 51.3 Å². The number of nitrogens with one attached hydrogen (secondary N) is 6. The van der Waals surface area contributed by atoms with E-state index in [0.29, 0.717) is 76.7 Å². The quantitative estimate of drug-likeness (QED) is 0.0106. The van der Waals surface area contributed by atoms with Gasteiger partial charge in [0.05, 0.1) is 30.4 Å². The Balaban J connectivity index is 1.82. The number of fused-ring (bicyclic) bond motifs is 1. The minimum atomic E-state index is -1.19. The SMILES string of the molecule is CC(O)C(CC(=O)CCCCC1SC[C@@H]2NC(=O)N[C@H]12)C(=O)NCCN(C(=O)CCS)C(CCCN=C(N)N)C(=O)NCCN(C(=O)CCCCCN)C(Cc1cnc[nH]1)C(=O)NCCN(C(=O)CCCCN=C(N)N)C(CCCCN)C(N)=O. The van der Waals surface area contributed by atoms with E-state index in [1.54, 1.807) is 11.8 Å². The molecule has 0 bridgehead atoms. The molecular weight excluding hydrogens is 1140 g/mol. The first-order valence-corrected chi connectivity index (χ1v) is 31.4. The third-order valence-corrected chi connectivity index (χ3v) is 16.6. The summed E-state index contributed by atoms with van der Waals surface area (Å²) in [6, 6.07) is -3.35. The van der Waals surface area contributed by atoms with Crippen LogP contribution in [0.25, 0.3) is 0 Å². The zero-order chi connectivity index (χ0) is 62.7. The van der Waals surface area contributed by atoms with Crippen molar-refractivity contribution in [2.45, 2.75) is 170 Å². The number of H-pyrrole nitrogens is 1. The molecule has 0 spiro atoms. The van der Waals surface area contributed by atoms with Gasteiger partial charge >= 0.3 is 6.03 Å². The maximum absolute atomic E-state index is 14.6. The summed E-state index contributed by atoms with van der Waals surface area (Å²) < 4.78 is 0. The molecule has 6 unspecified atom stereocenters. The second-order valence-electron chi connectivity index (χ2n) is 21.4. The number of Topliss-reactive ketones (excluding diaryl/α,β-unsaturated/α-hetero) is 1. The first-order chi connectivity index (χ1) is 40.7. The Kier molecular flexibility index (Phi) is 35.0. The van der Waals surface area contributed by atoms with Gasteiger partial charge in [-0.1, -0.05) is 12.8 Å². The fraction of sp³-hybridized carbons (Fsp3) is 0.741. The van der Waals surface area contributed by atoms with Crippen molar-refractivity contribution in [3.05, 3.63) is 18.2 Å². The molecule has 0 saturated carbocycles. The number of rotatable bonds is 46. The van der Waals surface area contributed by atoms with Crippen molar-refractivity contribution in [3.8, 4) is 0 Å². The minimum absolute atomic E-state index is 0.0337. The third kappa shape index (κ3) is 27.2. The van der Waals surface area contributed by atoms with Crippen LogP contribution in [0.4, 0.5) is 4.79 Å². The van der Waals surface area contributed by atoms with Gasteiger partial charge in [-0.25, -0.2) is 9.78 Å². The van der Waals surface area contributed by atoms with Crippen LogP contribution in [0, 0.1) is 5.92 Å². The molecule has 2 aliphatic rings. The van der Waals surface area contributed by atoms with Crippen LogP contribution >= 0.6 is 24.4 Å². The molecular formula is C54H97N19O10S2. The van der Waals surface area contributed by atoms with Gasteiger partial charge in [-0.15, -0.1) is 0 Å². The Morgan fingerprint density at radius 3 is 1.81 bits per heavy atom. The van der Waals surface area contributed by atoms with Crippen molar-refractivity contribution in [2.75, 3.05) is 77.0 Å². The number of carbonyl (C=O) groups excluding carboxylic acids is 9. The lowest BCUT2D eigenvalue weighted by Gasteiger charge is -2.34. The number of hydrogen-bond acceptors (Lipinski definition) is 17. The number of nitrogens with zero attached hydrogens (tertiary/aromatic N) is 6. The number of urea groups is 1. The zero-order valence-corrected chi connectivity index (χ0v) is 51.1. The number of amides is 9. The number of thioether (sulfide) groups is 1. The van der Waals surface area contributed by atoms with E-state index in [9.17, 15) is 48.3 Å². The monoisotopic (exact) mass is 1240 g/mol. The maximum atomic E-state index is 14.6. The molecule has 2 aliphatic heterocycles. The molecule has 3 rings (SSSR count). The summed E-state index contributed by atoms with van der Waals surface area (Å²) in [6.45, 7) is 1.70. The first-order valence-electron chi connectivity index (χ1n) is 29.7. The molecule has 0 aliphatic carbocycles. The number of aromatic amines is 1. The standard InChI is InChI=1S/C54H97N19O10S2/c1-35(74)38(31-37(75)12-4-5-15-43-47-39(33-85-43)69-54(83)70-47)49(80)63-23-27-72(46(78)18-29-84)41(14-11-22-67-53(60)61)50(81)64-25-28-73(45(77)16-3-2-8-19-55)42(30-36-32-62-34-68-36)51(82)65-24-26-71(40(48(57)79)13-6-9-20-56)44(76)17-7-10-21-66-52(58)59/h32,34-35,38-43,47,74,84H,2-31,33,55-56H2,1H3,(H2,57,79)(H,62,68)(H,63,80)(H,64,81)(H,65,82)(H4,58,59,66)(H4,60,61,67)(H2,69,70,83)/t35?,38?,39-,40?,41?,42?,43?,47-/m0/s1. The zero-order valence-electron chi connectivity index (χ0n) is 49.4. The molecule has 3 heterocycles. The predicted molar refractivity (Wildman–Crippen MR) is 329 cm³/mol. The lowest BCUT2D eigenvalue weighted by molar-refractivity contribution is -0.142. The number of hydrogen-bond donors (Lipinski definition) is 15. The molecule has 29 nitrogen and oxygen atoms in total. The molecule has 21 N–H and O–H groups in total. The number of thiol groups is 1. The molecule has 2 fully saturated rings. The number of guanidine groups is 2. The van der Waals surface area contributed by atoms with Crippen LogP contribution in [0.1, 0.15) is 128 Å². The second kappa shape index (κ2) is 40.8. The van der Waals surface area contributed by atoms with Gasteiger partial charge in [-0.3, -0.25) is 48.3 Å². The van der Waals surface area contributed by atoms with E-state index >= 15 is 0 Å². The van der Waals surface area contributed by atoms with Gasteiger partial charge in [0.1, 0.15) is 23.9 Å². The number of nitrogens with two attached hydrogens (primary N) is 7. The molecule has 480 valence electrons. The Hall–Kier alpha value is -6.44. The Bertz CT molecular complexity index is 2310. The number of imidazole rings is 1. The molecule has 8 atom stereocenters. The van der Waals surface area contributed by atoms with Gasteiger partial charge in [-0.2, -0.15) is 24.4 Å². The van der Waals surface area contributed by atoms with Crippen molar-refractivity contribution in [1.29, 1.82) is 0 Å². The van der Waals surface area contributed by atoms with E-state index < -0.39 is 65.6 Å². The topological polar surface area (TPSA) is 479 Å². The van der Waals surface area contributed by atoms with Gasteiger partial charge in [0, 0.05) is 114 Å². The molecule has 0 aromatic carbocycles.